The highest BCUT2D eigenvalue weighted by Gasteiger charge is 2.71. The van der Waals surface area contributed by atoms with Crippen molar-refractivity contribution in [3.63, 3.8) is 0 Å². The van der Waals surface area contributed by atoms with Gasteiger partial charge in [-0.3, -0.25) is 28.8 Å². The third-order valence-electron chi connectivity index (χ3n) is 21.4. The van der Waals surface area contributed by atoms with Crippen LogP contribution in [0.15, 0.2) is 0 Å². The van der Waals surface area contributed by atoms with Crippen molar-refractivity contribution in [3.05, 3.63) is 0 Å². The van der Waals surface area contributed by atoms with Gasteiger partial charge in [0, 0.05) is 42.4 Å². The second-order valence-electron chi connectivity index (χ2n) is 27.3. The highest BCUT2D eigenvalue weighted by Crippen LogP contribution is 2.62. The number of nitrogens with one attached hydrogen (secondary N) is 1. The molecule has 3 aliphatic carbocycles. The summed E-state index contributed by atoms with van der Waals surface area (Å²) < 4.78 is 94.6. The highest BCUT2D eigenvalue weighted by molar-refractivity contribution is 7.89. The Morgan fingerprint density at radius 2 is 1.10 bits per heavy atom. The summed E-state index contributed by atoms with van der Waals surface area (Å²) in [6.45, 7) is 15.2. The van der Waals surface area contributed by atoms with Crippen LogP contribution in [0.25, 0.3) is 0 Å². The van der Waals surface area contributed by atoms with Crippen molar-refractivity contribution in [1.29, 1.82) is 0 Å². The number of sulfonamides is 1. The highest BCUT2D eigenvalue weighted by atomic mass is 32.2. The summed E-state index contributed by atoms with van der Waals surface area (Å²) in [6, 6.07) is 0. The van der Waals surface area contributed by atoms with E-state index >= 15 is 0 Å². The largest absolute Gasteiger partial charge is 0.460 e. The van der Waals surface area contributed by atoms with Crippen molar-refractivity contribution in [2.45, 2.75) is 250 Å². The summed E-state index contributed by atoms with van der Waals surface area (Å²) in [5.74, 6) is -8.87. The van der Waals surface area contributed by atoms with Gasteiger partial charge in [-0.05, 0) is 127 Å². The smallest absolute Gasteiger partial charge is 0.308 e. The summed E-state index contributed by atoms with van der Waals surface area (Å²) in [4.78, 5) is 106. The van der Waals surface area contributed by atoms with Crippen molar-refractivity contribution >= 4 is 45.8 Å². The second-order valence-corrected chi connectivity index (χ2v) is 29.3. The number of rotatable bonds is 22. The molecule has 0 aromatic carbocycles. The molecule has 492 valence electrons. The van der Waals surface area contributed by atoms with E-state index in [4.69, 9.17) is 71.7 Å². The van der Waals surface area contributed by atoms with Crippen LogP contribution in [0.5, 0.6) is 0 Å². The van der Waals surface area contributed by atoms with Gasteiger partial charge in [0.05, 0.1) is 57.0 Å². The normalized spacial score (nSPS) is 41.6. The standard InChI is InChI=1S/C61H93NO24S/c1-10-87(70,71)62-59(80-51(68)25-24-48(65)75-52(69)36(5)40-13-11-12-39-17-16-35(4)72-30-41(39)40,31-73-46(63)20-22-49(66)76-53-37(6)44-18-14-33(2)42-26-28-57(8)81-55(78-53)60(42,44)85-83-57)32-74-47(64)21-23-50(67)77-54-38(7)45-19-15-34(3)43-27-29-58(9)82-56(79-54)61(43,45)86-84-58/h33-45,52-56,62,69H,10-32H2,1-9H3/t33-,34+,35-,36-,37-,38-,39?,40-,41?,42+,43-,44+,45+,52-,53-,54-,55-,56-,57?,58+,59?,60-,61+/m0/s1. The second kappa shape index (κ2) is 26.5. The predicted molar refractivity (Wildman–Crippen MR) is 297 cm³/mol. The monoisotopic (exact) mass is 1260 g/mol. The van der Waals surface area contributed by atoms with Gasteiger partial charge < -0.3 is 57.2 Å². The molecule has 0 radical (unpaired) electrons. The molecule has 0 aromatic heterocycles. The lowest BCUT2D eigenvalue weighted by atomic mass is 9.58. The van der Waals surface area contributed by atoms with Crippen molar-refractivity contribution in [1.82, 2.24) is 4.72 Å². The quantitative estimate of drug-likeness (QED) is 0.0486. The number of fused-ring (bicyclic) bond motifs is 5. The summed E-state index contributed by atoms with van der Waals surface area (Å²) in [5, 5.41) is 11.2. The van der Waals surface area contributed by atoms with Gasteiger partial charge in [0.15, 0.2) is 23.8 Å². The fraction of sp³-hybridized carbons (Fsp3) is 0.902. The van der Waals surface area contributed by atoms with E-state index in [1.54, 1.807) is 13.8 Å². The van der Waals surface area contributed by atoms with Crippen LogP contribution in [0.4, 0.5) is 0 Å². The Kier molecular flexibility index (Phi) is 20.2. The molecule has 9 saturated heterocycles. The Morgan fingerprint density at radius 1 is 0.609 bits per heavy atom. The third-order valence-corrected chi connectivity index (χ3v) is 22.9. The van der Waals surface area contributed by atoms with Crippen molar-refractivity contribution in [3.8, 4) is 0 Å². The van der Waals surface area contributed by atoms with Crippen molar-refractivity contribution in [2.24, 2.45) is 71.0 Å². The topological polar surface area (TPSA) is 307 Å². The number of ether oxygens (including phenoxy) is 11. The average molecular weight is 1260 g/mol. The number of carbonyl (C=O) groups excluding carboxylic acids is 6. The Hall–Kier alpha value is -3.67. The molecule has 12 rings (SSSR count). The molecule has 4 bridgehead atoms. The Labute approximate surface area is 509 Å². The minimum atomic E-state index is -4.42. The molecule has 12 fully saturated rings. The van der Waals surface area contributed by atoms with Gasteiger partial charge in [0.2, 0.25) is 46.2 Å². The zero-order valence-corrected chi connectivity index (χ0v) is 52.7. The molecule has 25 nitrogen and oxygen atoms in total. The van der Waals surface area contributed by atoms with Gasteiger partial charge in [-0.25, -0.2) is 28.0 Å². The number of carbonyl (C=O) groups is 6. The van der Waals surface area contributed by atoms with Gasteiger partial charge in [0.25, 0.3) is 0 Å². The van der Waals surface area contributed by atoms with Gasteiger partial charge in [0.1, 0.15) is 13.2 Å². The molecule has 87 heavy (non-hydrogen) atoms. The number of hydrogen-bond acceptors (Lipinski definition) is 24. The average Bonchev–Trinajstić information content (AvgIpc) is 1.71. The third kappa shape index (κ3) is 13.9. The zero-order chi connectivity index (χ0) is 62.4. The SMILES string of the molecule is CCS(=O)(=O)NC(COC(=O)CCC(=O)O[C@H]1O[C@H]2OC3(C)CC[C@@H]4[C@@H](C)CC[C@H]([C@@H]1C)[C@]24OO3)(COC(=O)CCC(=O)O[C@H]1O[C@H]2O[C@@]3(C)CC[C@H]4[C@H](C)CC[C@H]([C@@H]1C)[C@@]24OO3)OC(=O)CCC(=O)O[C@H](O)[C@@H](C)[C@@H]1CCCC2CC[C@H](C)OCC21. The molecule has 3 saturated carbocycles. The van der Waals surface area contributed by atoms with E-state index in [-0.39, 0.29) is 53.4 Å². The van der Waals surface area contributed by atoms with Crippen LogP contribution in [-0.2, 0) is 110 Å². The molecular formula is C61H93NO24S. The van der Waals surface area contributed by atoms with Gasteiger partial charge >= 0.3 is 35.8 Å². The lowest BCUT2D eigenvalue weighted by Crippen LogP contribution is -2.70. The van der Waals surface area contributed by atoms with E-state index in [0.29, 0.717) is 37.2 Å². The van der Waals surface area contributed by atoms with Gasteiger partial charge in [-0.15, -0.1) is 0 Å². The van der Waals surface area contributed by atoms with E-state index in [1.807, 2.05) is 27.7 Å². The Bertz CT molecular complexity index is 2510. The molecule has 9 heterocycles. The molecule has 9 aliphatic heterocycles. The molecule has 0 aromatic rings. The molecule has 2 N–H and O–H groups in total. The number of aliphatic hydroxyl groups is 1. The van der Waals surface area contributed by atoms with Crippen LogP contribution in [0.1, 0.15) is 184 Å². The Morgan fingerprint density at radius 3 is 1.62 bits per heavy atom. The summed E-state index contributed by atoms with van der Waals surface area (Å²) in [7, 11) is -4.42. The summed E-state index contributed by atoms with van der Waals surface area (Å²) in [5.41, 5.74) is -4.49. The van der Waals surface area contributed by atoms with Crippen LogP contribution < -0.4 is 4.72 Å². The van der Waals surface area contributed by atoms with E-state index in [9.17, 15) is 42.3 Å². The molecule has 12 aliphatic rings. The lowest BCUT2D eigenvalue weighted by Gasteiger charge is -2.59. The van der Waals surface area contributed by atoms with E-state index in [1.165, 1.54) is 6.92 Å². The maximum Gasteiger partial charge on any atom is 0.308 e. The molecule has 26 heteroatoms. The first-order valence-electron chi connectivity index (χ1n) is 32.0. The fourth-order valence-corrected chi connectivity index (χ4v) is 17.2. The fourth-order valence-electron chi connectivity index (χ4n) is 16.3. The molecule has 4 unspecified atom stereocenters. The molecule has 23 atom stereocenters. The molecule has 0 amide bonds. The maximum absolute atomic E-state index is 13.9. The maximum atomic E-state index is 13.9. The molecular weight excluding hydrogens is 1160 g/mol. The van der Waals surface area contributed by atoms with Gasteiger partial charge in [-0.2, -0.15) is 4.72 Å². The first-order valence-corrected chi connectivity index (χ1v) is 33.7. The number of hydrogen-bond donors (Lipinski definition) is 2. The Balaban J connectivity index is 0.776. The first-order chi connectivity index (χ1) is 41.2. The van der Waals surface area contributed by atoms with Crippen LogP contribution in [0.2, 0.25) is 0 Å². The van der Waals surface area contributed by atoms with Crippen LogP contribution >= 0.6 is 0 Å². The van der Waals surface area contributed by atoms with E-state index < -0.39 is 169 Å². The number of aliphatic hydroxyl groups excluding tert-OH is 1. The van der Waals surface area contributed by atoms with Crippen LogP contribution in [0.3, 0.4) is 0 Å². The van der Waals surface area contributed by atoms with Crippen molar-refractivity contribution < 1.29 is 114 Å². The zero-order valence-electron chi connectivity index (χ0n) is 51.9. The van der Waals surface area contributed by atoms with Gasteiger partial charge in [-0.1, -0.05) is 47.5 Å². The minimum Gasteiger partial charge on any atom is -0.460 e. The predicted octanol–water partition coefficient (Wildman–Crippen LogP) is 6.82. The molecule has 2 spiro atoms. The van der Waals surface area contributed by atoms with E-state index in [2.05, 4.69) is 18.6 Å². The lowest BCUT2D eigenvalue weighted by molar-refractivity contribution is -0.576. The summed E-state index contributed by atoms with van der Waals surface area (Å²) in [6.07, 6.45) is 1.88. The summed E-state index contributed by atoms with van der Waals surface area (Å²) >= 11 is 0. The van der Waals surface area contributed by atoms with Crippen LogP contribution in [-0.4, -0.2) is 141 Å². The van der Waals surface area contributed by atoms with Crippen molar-refractivity contribution in [2.75, 3.05) is 25.6 Å². The number of esters is 6. The van der Waals surface area contributed by atoms with Crippen LogP contribution in [0, 0.1) is 71.0 Å². The van der Waals surface area contributed by atoms with E-state index in [0.717, 1.165) is 70.6 Å². The minimum absolute atomic E-state index is 0.0102. The first kappa shape index (κ1) is 66.3.